The maximum Gasteiger partial charge on any atom is 0.410 e. The maximum absolute atomic E-state index is 13.4. The van der Waals surface area contributed by atoms with Crippen LogP contribution in [-0.4, -0.2) is 96.5 Å². The summed E-state index contributed by atoms with van der Waals surface area (Å²) in [5.74, 6) is -1.89. The molecular weight excluding hydrogens is 548 g/mol. The van der Waals surface area contributed by atoms with Gasteiger partial charge in [-0.2, -0.15) is 4.31 Å². The van der Waals surface area contributed by atoms with Crippen molar-refractivity contribution in [1.29, 1.82) is 0 Å². The number of halogens is 1. The third kappa shape index (κ3) is 6.81. The SMILES string of the molecule is CC(C)(C)OC(=O)N1CCC(N(CC(=O)[O-])N2CCN(S(=O)(=O)c3ccc4cc(Cl)ccc4c3)CC2=O)CC1. The number of likely N-dealkylation sites (tertiary alicyclic amines) is 1. The van der Waals surface area contributed by atoms with Crippen molar-refractivity contribution in [1.82, 2.24) is 19.2 Å². The van der Waals surface area contributed by atoms with Gasteiger partial charge >= 0.3 is 6.09 Å². The summed E-state index contributed by atoms with van der Waals surface area (Å²) in [6.45, 7) is 5.03. The Hall–Kier alpha value is -2.93. The van der Waals surface area contributed by atoms with Gasteiger partial charge in [0.15, 0.2) is 0 Å². The number of sulfonamides is 1. The highest BCUT2D eigenvalue weighted by atomic mass is 35.5. The lowest BCUT2D eigenvalue weighted by atomic mass is 10.0. The van der Waals surface area contributed by atoms with Gasteiger partial charge in [0.2, 0.25) is 10.0 Å². The van der Waals surface area contributed by atoms with E-state index >= 15 is 0 Å². The molecule has 2 amide bonds. The number of fused-ring (bicyclic) bond motifs is 1. The van der Waals surface area contributed by atoms with Crippen molar-refractivity contribution in [2.24, 2.45) is 0 Å². The van der Waals surface area contributed by atoms with Gasteiger partial charge in [0.05, 0.1) is 30.5 Å². The zero-order chi connectivity index (χ0) is 28.5. The number of rotatable bonds is 6. The second-order valence-corrected chi connectivity index (χ2v) is 13.1. The van der Waals surface area contributed by atoms with Crippen molar-refractivity contribution in [2.75, 3.05) is 39.3 Å². The van der Waals surface area contributed by atoms with Crippen LogP contribution in [0.1, 0.15) is 33.6 Å². The normalized spacial score (nSPS) is 18.1. The monoisotopic (exact) mass is 579 g/mol. The van der Waals surface area contributed by atoms with Crippen molar-refractivity contribution in [3.05, 3.63) is 41.4 Å². The lowest BCUT2D eigenvalue weighted by molar-refractivity contribution is -0.309. The van der Waals surface area contributed by atoms with Gasteiger partial charge < -0.3 is 19.5 Å². The first kappa shape index (κ1) is 29.1. The molecule has 2 aliphatic rings. The molecule has 2 heterocycles. The topological polar surface area (TPSA) is 131 Å². The number of nitrogens with zero attached hydrogens (tertiary/aromatic N) is 4. The molecule has 0 saturated carbocycles. The van der Waals surface area contributed by atoms with E-state index in [1.54, 1.807) is 56.0 Å². The fourth-order valence-corrected chi connectivity index (χ4v) is 6.44. The third-order valence-corrected chi connectivity index (χ3v) is 8.79. The van der Waals surface area contributed by atoms with Crippen molar-refractivity contribution < 1.29 is 32.6 Å². The summed E-state index contributed by atoms with van der Waals surface area (Å²) in [4.78, 5) is 38.8. The number of hydrazine groups is 1. The minimum Gasteiger partial charge on any atom is -0.549 e. The van der Waals surface area contributed by atoms with Crippen LogP contribution < -0.4 is 5.11 Å². The molecule has 0 radical (unpaired) electrons. The number of carbonyl (C=O) groups is 3. The van der Waals surface area contributed by atoms with Gasteiger partial charge in [-0.05, 0) is 68.7 Å². The van der Waals surface area contributed by atoms with Crippen LogP contribution >= 0.6 is 11.6 Å². The molecule has 212 valence electrons. The van der Waals surface area contributed by atoms with Crippen molar-refractivity contribution in [3.63, 3.8) is 0 Å². The molecule has 2 aromatic rings. The summed E-state index contributed by atoms with van der Waals surface area (Å²) in [6.07, 6.45) is 0.387. The van der Waals surface area contributed by atoms with Crippen LogP contribution in [0.2, 0.25) is 5.02 Å². The Balaban J connectivity index is 1.45. The number of carboxylic acid groups (broad SMARTS) is 1. The summed E-state index contributed by atoms with van der Waals surface area (Å²) < 4.78 is 33.2. The van der Waals surface area contributed by atoms with Crippen LogP contribution in [-0.2, 0) is 24.3 Å². The molecule has 39 heavy (non-hydrogen) atoms. The molecule has 0 unspecified atom stereocenters. The van der Waals surface area contributed by atoms with E-state index in [-0.39, 0.29) is 24.0 Å². The number of benzene rings is 2. The van der Waals surface area contributed by atoms with E-state index in [0.29, 0.717) is 36.3 Å². The molecule has 0 atom stereocenters. The van der Waals surface area contributed by atoms with Crippen molar-refractivity contribution in [2.45, 2.75) is 50.2 Å². The van der Waals surface area contributed by atoms with Crippen LogP contribution in [0.4, 0.5) is 4.79 Å². The molecule has 2 fully saturated rings. The molecular formula is C26H32ClN4O7S-. The van der Waals surface area contributed by atoms with Gasteiger partial charge in [0.1, 0.15) is 5.60 Å². The average molecular weight is 580 g/mol. The maximum atomic E-state index is 13.4. The molecule has 2 aromatic carbocycles. The van der Waals surface area contributed by atoms with E-state index in [2.05, 4.69) is 0 Å². The van der Waals surface area contributed by atoms with Crippen molar-refractivity contribution >= 4 is 50.4 Å². The van der Waals surface area contributed by atoms with Crippen LogP contribution in [0.25, 0.3) is 10.8 Å². The fourth-order valence-electron chi connectivity index (χ4n) is 4.84. The zero-order valence-corrected chi connectivity index (χ0v) is 23.7. The standard InChI is InChI=1S/C26H33ClN4O7S/c1-26(2,3)38-25(35)28-10-8-21(9-11-28)31(17-24(33)34)30-13-12-29(16-23(30)32)39(36,37)22-7-5-18-14-20(27)6-4-19(18)15-22/h4-7,14-15,21H,8-13,16-17H2,1-3H3,(H,33,34)/p-1. The number of ether oxygens (including phenoxy) is 1. The smallest absolute Gasteiger partial charge is 0.410 e. The molecule has 0 N–H and O–H groups in total. The lowest BCUT2D eigenvalue weighted by Crippen LogP contribution is -2.63. The number of amides is 2. The van der Waals surface area contributed by atoms with Crippen LogP contribution in [0.5, 0.6) is 0 Å². The Morgan fingerprint density at radius 3 is 2.31 bits per heavy atom. The Labute approximate surface area is 232 Å². The van der Waals surface area contributed by atoms with E-state index < -0.39 is 46.7 Å². The first-order valence-corrected chi connectivity index (χ1v) is 14.5. The Morgan fingerprint density at radius 1 is 1.05 bits per heavy atom. The minimum absolute atomic E-state index is 0.00692. The van der Waals surface area contributed by atoms with Gasteiger partial charge in [-0.3, -0.25) is 9.80 Å². The largest absolute Gasteiger partial charge is 0.549 e. The average Bonchev–Trinajstić information content (AvgIpc) is 2.86. The molecule has 2 aliphatic heterocycles. The molecule has 4 rings (SSSR count). The number of carbonyl (C=O) groups excluding carboxylic acids is 3. The number of aliphatic carboxylic acids is 1. The van der Waals surface area contributed by atoms with E-state index in [0.717, 1.165) is 9.69 Å². The molecule has 0 aromatic heterocycles. The summed E-state index contributed by atoms with van der Waals surface area (Å²) in [5, 5.41) is 16.3. The Bertz CT molecular complexity index is 1370. The van der Waals surface area contributed by atoms with Gasteiger partial charge in [-0.15, -0.1) is 0 Å². The van der Waals surface area contributed by atoms with Gasteiger partial charge in [-0.1, -0.05) is 23.7 Å². The van der Waals surface area contributed by atoms with E-state index in [4.69, 9.17) is 16.3 Å². The molecule has 0 bridgehead atoms. The first-order chi connectivity index (χ1) is 18.2. The minimum atomic E-state index is -3.98. The van der Waals surface area contributed by atoms with Crippen molar-refractivity contribution in [3.8, 4) is 0 Å². The quantitative estimate of drug-likeness (QED) is 0.505. The summed E-state index contributed by atoms with van der Waals surface area (Å²) in [6, 6.07) is 9.47. The van der Waals surface area contributed by atoms with Crippen LogP contribution in [0.3, 0.4) is 0 Å². The molecule has 0 spiro atoms. The Morgan fingerprint density at radius 2 is 1.69 bits per heavy atom. The number of hydrogen-bond acceptors (Lipinski definition) is 8. The van der Waals surface area contributed by atoms with E-state index in [9.17, 15) is 27.9 Å². The molecule has 11 nitrogen and oxygen atoms in total. The number of carboxylic acids is 1. The first-order valence-electron chi connectivity index (χ1n) is 12.7. The third-order valence-electron chi connectivity index (χ3n) is 6.71. The molecule has 0 aliphatic carbocycles. The number of piperazine rings is 1. The number of piperidine rings is 1. The predicted molar refractivity (Wildman–Crippen MR) is 142 cm³/mol. The summed E-state index contributed by atoms with van der Waals surface area (Å²) in [5.41, 5.74) is -0.637. The zero-order valence-electron chi connectivity index (χ0n) is 22.1. The highest BCUT2D eigenvalue weighted by Gasteiger charge is 2.39. The highest BCUT2D eigenvalue weighted by Crippen LogP contribution is 2.27. The van der Waals surface area contributed by atoms with E-state index in [1.165, 1.54) is 16.1 Å². The van der Waals surface area contributed by atoms with Gasteiger partial charge in [-0.25, -0.2) is 18.2 Å². The second kappa shape index (κ2) is 11.3. The summed E-state index contributed by atoms with van der Waals surface area (Å²) >= 11 is 6.02. The van der Waals surface area contributed by atoms with E-state index in [1.807, 2.05) is 0 Å². The second-order valence-electron chi connectivity index (χ2n) is 10.7. The highest BCUT2D eigenvalue weighted by molar-refractivity contribution is 7.89. The molecule has 13 heteroatoms. The van der Waals surface area contributed by atoms with Crippen LogP contribution in [0.15, 0.2) is 41.3 Å². The number of hydrogen-bond donors (Lipinski definition) is 0. The molecule has 2 saturated heterocycles. The van der Waals surface area contributed by atoms with Gasteiger partial charge in [0.25, 0.3) is 5.91 Å². The lowest BCUT2D eigenvalue weighted by Gasteiger charge is -2.46. The summed E-state index contributed by atoms with van der Waals surface area (Å²) in [7, 11) is -3.98. The predicted octanol–water partition coefficient (Wildman–Crippen LogP) is 1.69. The van der Waals surface area contributed by atoms with Crippen LogP contribution in [0, 0.1) is 0 Å². The van der Waals surface area contributed by atoms with Gasteiger partial charge in [0, 0.05) is 30.7 Å². The fraction of sp³-hybridized carbons (Fsp3) is 0.500. The Kier molecular flexibility index (Phi) is 8.41.